The molecule has 4 amide bonds. The molecule has 2 bridgehead atoms. The maximum Gasteiger partial charge on any atom is 0.471 e. The van der Waals surface area contributed by atoms with Gasteiger partial charge in [-0.05, 0) is 41.9 Å². The third-order valence-corrected chi connectivity index (χ3v) is 10.2. The van der Waals surface area contributed by atoms with Gasteiger partial charge in [-0.1, -0.05) is 20.8 Å². The number of hydrogen-bond acceptors (Lipinski definition) is 6. The van der Waals surface area contributed by atoms with E-state index in [4.69, 9.17) is 4.74 Å². The van der Waals surface area contributed by atoms with Gasteiger partial charge >= 0.3 is 12.1 Å². The third-order valence-electron chi connectivity index (χ3n) is 10.2. The summed E-state index contributed by atoms with van der Waals surface area (Å²) < 4.78 is 89.1. The number of halogens is 6. The molecular formula is C30H31F6N5O5. The molecule has 0 radical (unpaired) electrons. The Morgan fingerprint density at radius 1 is 1.13 bits per heavy atom. The fraction of sp³-hybridized carbons (Fsp3) is 0.633. The molecule has 2 saturated heterocycles. The van der Waals surface area contributed by atoms with Crippen LogP contribution in [0.1, 0.15) is 40.0 Å². The molecule has 2 aliphatic carbocycles. The molecular weight excluding hydrogens is 624 g/mol. The molecule has 10 nitrogen and oxygen atoms in total. The van der Waals surface area contributed by atoms with Crippen molar-refractivity contribution in [3.63, 3.8) is 0 Å². The van der Waals surface area contributed by atoms with E-state index < -0.39 is 107 Å². The van der Waals surface area contributed by atoms with E-state index in [-0.39, 0.29) is 30.6 Å². The first kappa shape index (κ1) is 31.9. The number of carbonyl (C=O) groups is 4. The molecule has 0 unspecified atom stereocenters. The number of nitrogens with one attached hydrogen (secondary N) is 2. The summed E-state index contributed by atoms with van der Waals surface area (Å²) in [5.41, 5.74) is -3.61. The second-order valence-electron chi connectivity index (χ2n) is 14.0. The maximum atomic E-state index is 15.1. The Hall–Kier alpha value is -4.03. The van der Waals surface area contributed by atoms with E-state index in [1.165, 1.54) is 20.8 Å². The largest absolute Gasteiger partial charge is 0.473 e. The van der Waals surface area contributed by atoms with E-state index in [1.54, 1.807) is 5.32 Å². The summed E-state index contributed by atoms with van der Waals surface area (Å²) in [7, 11) is 0. The number of fused-ring (bicyclic) bond motifs is 6. The topological polar surface area (TPSA) is 132 Å². The molecule has 4 fully saturated rings. The second-order valence-corrected chi connectivity index (χ2v) is 14.0. The predicted molar refractivity (Wildman–Crippen MR) is 145 cm³/mol. The first-order valence-corrected chi connectivity index (χ1v) is 14.9. The summed E-state index contributed by atoms with van der Waals surface area (Å²) in [5.74, 6) is -9.44. The van der Waals surface area contributed by atoms with Gasteiger partial charge in [0, 0.05) is 25.1 Å². The molecule has 1 aromatic carbocycles. The molecule has 46 heavy (non-hydrogen) atoms. The van der Waals surface area contributed by atoms with Gasteiger partial charge in [-0.25, -0.2) is 13.2 Å². The Labute approximate surface area is 259 Å². The fourth-order valence-corrected chi connectivity index (χ4v) is 8.14. The van der Waals surface area contributed by atoms with Crippen LogP contribution in [-0.2, 0) is 19.2 Å². The van der Waals surface area contributed by atoms with Crippen molar-refractivity contribution in [1.82, 2.24) is 15.1 Å². The lowest BCUT2D eigenvalue weighted by Gasteiger charge is -2.39. The number of likely N-dealkylation sites (tertiary alicyclic amines) is 2. The zero-order valence-electron chi connectivity index (χ0n) is 25.0. The van der Waals surface area contributed by atoms with Gasteiger partial charge in [-0.3, -0.25) is 19.2 Å². The zero-order valence-corrected chi connectivity index (χ0v) is 25.0. The highest BCUT2D eigenvalue weighted by Gasteiger charge is 2.65. The van der Waals surface area contributed by atoms with Crippen LogP contribution in [0.5, 0.6) is 5.75 Å². The minimum atomic E-state index is -5.30. The Balaban J connectivity index is 1.35. The van der Waals surface area contributed by atoms with Crippen LogP contribution in [0, 0.1) is 52.1 Å². The van der Waals surface area contributed by atoms with Crippen molar-refractivity contribution in [2.24, 2.45) is 29.1 Å². The Morgan fingerprint density at radius 2 is 1.83 bits per heavy atom. The number of carbonyl (C=O) groups excluding carboxylic acids is 4. The molecule has 9 atom stereocenters. The lowest BCUT2D eigenvalue weighted by molar-refractivity contribution is -0.176. The minimum absolute atomic E-state index is 0.0820. The number of anilines is 1. The van der Waals surface area contributed by atoms with Crippen LogP contribution < -0.4 is 15.4 Å². The average Bonchev–Trinajstić information content (AvgIpc) is 3.70. The highest BCUT2D eigenvalue weighted by molar-refractivity contribution is 6.02. The highest BCUT2D eigenvalue weighted by Crippen LogP contribution is 2.59. The number of amides is 4. The first-order valence-electron chi connectivity index (χ1n) is 14.9. The summed E-state index contributed by atoms with van der Waals surface area (Å²) >= 11 is 0. The molecule has 1 spiro atoms. The monoisotopic (exact) mass is 655 g/mol. The number of rotatable bonds is 3. The first-order chi connectivity index (χ1) is 21.4. The van der Waals surface area contributed by atoms with Crippen molar-refractivity contribution in [1.29, 1.82) is 5.26 Å². The minimum Gasteiger partial charge on any atom is -0.473 e. The lowest BCUT2D eigenvalue weighted by Crippen LogP contribution is -2.61. The van der Waals surface area contributed by atoms with E-state index >= 15 is 4.39 Å². The quantitative estimate of drug-likeness (QED) is 0.482. The van der Waals surface area contributed by atoms with Gasteiger partial charge in [0.05, 0.1) is 12.6 Å². The molecule has 3 heterocycles. The summed E-state index contributed by atoms with van der Waals surface area (Å²) in [6, 6.07) is -1.15. The molecule has 5 aliphatic rings. The van der Waals surface area contributed by atoms with E-state index in [0.29, 0.717) is 12.5 Å². The van der Waals surface area contributed by atoms with E-state index in [9.17, 15) is 46.4 Å². The molecule has 0 aromatic heterocycles. The lowest BCUT2D eigenvalue weighted by atomic mass is 9.77. The molecule has 3 aliphatic heterocycles. The van der Waals surface area contributed by atoms with E-state index in [1.807, 2.05) is 6.07 Å². The number of hydrogen-bond donors (Lipinski definition) is 2. The Morgan fingerprint density at radius 3 is 2.46 bits per heavy atom. The van der Waals surface area contributed by atoms with Gasteiger partial charge in [0.2, 0.25) is 17.4 Å². The normalized spacial score (nSPS) is 33.7. The fourth-order valence-electron chi connectivity index (χ4n) is 8.14. The van der Waals surface area contributed by atoms with Crippen LogP contribution in [0.25, 0.3) is 0 Å². The Bertz CT molecular complexity index is 1560. The van der Waals surface area contributed by atoms with Crippen molar-refractivity contribution in [3.8, 4) is 11.8 Å². The summed E-state index contributed by atoms with van der Waals surface area (Å²) in [5, 5.41) is 14.1. The highest BCUT2D eigenvalue weighted by atomic mass is 19.4. The van der Waals surface area contributed by atoms with Gasteiger partial charge in [0.1, 0.15) is 35.8 Å². The molecule has 6 rings (SSSR count). The van der Waals surface area contributed by atoms with Crippen molar-refractivity contribution in [3.05, 3.63) is 23.8 Å². The van der Waals surface area contributed by atoms with Crippen LogP contribution in [0.2, 0.25) is 0 Å². The van der Waals surface area contributed by atoms with Gasteiger partial charge in [0.15, 0.2) is 11.6 Å². The van der Waals surface area contributed by atoms with Gasteiger partial charge in [0.25, 0.3) is 5.91 Å². The zero-order chi connectivity index (χ0) is 33.7. The molecule has 1 aromatic rings. The van der Waals surface area contributed by atoms with E-state index in [2.05, 4.69) is 5.32 Å². The second kappa shape index (κ2) is 10.5. The van der Waals surface area contributed by atoms with Crippen LogP contribution in [0.3, 0.4) is 0 Å². The number of benzene rings is 1. The van der Waals surface area contributed by atoms with Crippen LogP contribution in [-0.4, -0.2) is 82.6 Å². The smallest absolute Gasteiger partial charge is 0.471 e. The van der Waals surface area contributed by atoms with Crippen molar-refractivity contribution >= 4 is 29.3 Å². The third kappa shape index (κ3) is 4.93. The average molecular weight is 656 g/mol. The summed E-state index contributed by atoms with van der Waals surface area (Å²) in [6.07, 6.45) is -6.34. The van der Waals surface area contributed by atoms with Gasteiger partial charge < -0.3 is 25.2 Å². The van der Waals surface area contributed by atoms with Crippen LogP contribution in [0.4, 0.5) is 32.0 Å². The predicted octanol–water partition coefficient (Wildman–Crippen LogP) is 3.07. The summed E-state index contributed by atoms with van der Waals surface area (Å²) in [4.78, 5) is 55.9. The molecule has 2 saturated carbocycles. The number of nitriles is 1. The number of nitrogens with zero attached hydrogens (tertiary/aromatic N) is 3. The van der Waals surface area contributed by atoms with Crippen molar-refractivity contribution < 1.29 is 50.3 Å². The standard InChI is InChI=1S/C30H31F6N5O5/c1-28(2,3)23(39-27(45)30(34,35)36)25(43)40-10-16-12-4-15(17(32)5-12)20(16)22(40)24(42)41-11-29(8-14(41)9-37)26(44)38-21-18(33)6-13(31)7-19(21)46-29/h6-7,12,14-17,20,22-23H,4-5,8,10-11H2,1-3H3,(H,38,44)(H,39,45)/t12-,14-,15+,16+,17+,20-,22-,23+,29+/m0/s1. The number of alkyl halides is 4. The van der Waals surface area contributed by atoms with E-state index in [0.717, 1.165) is 15.9 Å². The van der Waals surface area contributed by atoms with Crippen LogP contribution in [0.15, 0.2) is 12.1 Å². The molecule has 248 valence electrons. The Kier molecular flexibility index (Phi) is 7.29. The van der Waals surface area contributed by atoms with Gasteiger partial charge in [-0.2, -0.15) is 18.4 Å². The molecule has 2 N–H and O–H groups in total. The maximum absolute atomic E-state index is 15.1. The molecule has 16 heteroatoms. The van der Waals surface area contributed by atoms with Gasteiger partial charge in [-0.15, -0.1) is 0 Å². The van der Waals surface area contributed by atoms with Crippen molar-refractivity contribution in [2.45, 2.75) is 76.1 Å². The SMILES string of the molecule is CC(C)(C)[C@H](NC(=O)C(F)(F)F)C(=O)N1C[C@@H]2[C@H]3C[C@@H]([C@@H]2[C@H]1C(=O)N1C[C@@]2(C[C@H]1C#N)Oc1cc(F)cc(F)c1NC2=O)[C@H](F)C3. The summed E-state index contributed by atoms with van der Waals surface area (Å²) in [6.45, 7) is 3.69. The number of ether oxygens (including phenoxy) is 1. The van der Waals surface area contributed by atoms with Crippen LogP contribution >= 0.6 is 0 Å². The van der Waals surface area contributed by atoms with Crippen molar-refractivity contribution in [2.75, 3.05) is 18.4 Å².